The number of nitrogens with one attached hydrogen (secondary N) is 1. The second-order valence-corrected chi connectivity index (χ2v) is 3.92. The summed E-state index contributed by atoms with van der Waals surface area (Å²) in [6.45, 7) is 0. The third-order valence-corrected chi connectivity index (χ3v) is 2.95. The normalized spacial score (nSPS) is 21.8. The van der Waals surface area contributed by atoms with E-state index in [0.717, 1.165) is 36.8 Å². The van der Waals surface area contributed by atoms with Gasteiger partial charge in [0.2, 0.25) is 0 Å². The molecule has 5 heteroatoms. The molecule has 1 unspecified atom stereocenters. The van der Waals surface area contributed by atoms with Gasteiger partial charge in [-0.2, -0.15) is 8.75 Å². The summed E-state index contributed by atoms with van der Waals surface area (Å²) in [7, 11) is 0. The molecule has 1 aliphatic carbocycles. The van der Waals surface area contributed by atoms with Gasteiger partial charge < -0.3 is 5.32 Å². The number of halogens is 1. The van der Waals surface area contributed by atoms with Crippen LogP contribution in [0.4, 0.5) is 5.82 Å². The largest absolute Gasteiger partial charge is 0.364 e. The fraction of sp³-hybridized carbons (Fsp3) is 0.500. The first-order valence-electron chi connectivity index (χ1n) is 4.26. The maximum atomic E-state index is 5.82. The molecule has 13 heavy (non-hydrogen) atoms. The third-order valence-electron chi connectivity index (χ3n) is 2.06. The van der Waals surface area contributed by atoms with Gasteiger partial charge in [0, 0.05) is 6.04 Å². The summed E-state index contributed by atoms with van der Waals surface area (Å²) in [5.41, 5.74) is 0. The number of hydrogen-bond donors (Lipinski definition) is 1. The van der Waals surface area contributed by atoms with Crippen molar-refractivity contribution < 1.29 is 0 Å². The molecule has 0 fully saturated rings. The Morgan fingerprint density at radius 1 is 1.46 bits per heavy atom. The van der Waals surface area contributed by atoms with Crippen LogP contribution in [0.15, 0.2) is 12.2 Å². The lowest BCUT2D eigenvalue weighted by molar-refractivity contribution is 0.643. The average Bonchev–Trinajstić information content (AvgIpc) is 2.54. The summed E-state index contributed by atoms with van der Waals surface area (Å²) in [5, 5.41) is 3.77. The monoisotopic (exact) mass is 215 g/mol. The number of nitrogens with zero attached hydrogens (tertiary/aromatic N) is 2. The number of aromatic nitrogens is 2. The van der Waals surface area contributed by atoms with Crippen molar-refractivity contribution in [2.24, 2.45) is 0 Å². The minimum Gasteiger partial charge on any atom is -0.364 e. The summed E-state index contributed by atoms with van der Waals surface area (Å²) in [4.78, 5) is 0. The Kier molecular flexibility index (Phi) is 2.80. The van der Waals surface area contributed by atoms with Gasteiger partial charge in [-0.25, -0.2) is 0 Å². The van der Waals surface area contributed by atoms with Crippen LogP contribution in [-0.4, -0.2) is 14.8 Å². The fourth-order valence-electron chi connectivity index (χ4n) is 1.38. The van der Waals surface area contributed by atoms with E-state index in [1.54, 1.807) is 0 Å². The summed E-state index contributed by atoms with van der Waals surface area (Å²) >= 11 is 6.96. The lowest BCUT2D eigenvalue weighted by atomic mass is 10.0. The Hall–Kier alpha value is -0.610. The van der Waals surface area contributed by atoms with Crippen LogP contribution < -0.4 is 5.32 Å². The molecular weight excluding hydrogens is 206 g/mol. The van der Waals surface area contributed by atoms with Gasteiger partial charge in [0.05, 0.1) is 11.7 Å². The first-order chi connectivity index (χ1) is 6.36. The van der Waals surface area contributed by atoms with E-state index in [9.17, 15) is 0 Å². The Balaban J connectivity index is 1.98. The highest BCUT2D eigenvalue weighted by molar-refractivity contribution is 6.99. The molecule has 0 aromatic carbocycles. The van der Waals surface area contributed by atoms with Crippen LogP contribution in [0.5, 0.6) is 0 Å². The summed E-state index contributed by atoms with van der Waals surface area (Å²) in [5.74, 6) is 0.729. The van der Waals surface area contributed by atoms with Gasteiger partial charge in [-0.15, -0.1) is 0 Å². The summed E-state index contributed by atoms with van der Waals surface area (Å²) in [6.07, 6.45) is 7.72. The molecule has 1 atom stereocenters. The van der Waals surface area contributed by atoms with Crippen molar-refractivity contribution in [3.8, 4) is 0 Å². The molecule has 1 aliphatic rings. The van der Waals surface area contributed by atoms with Crippen molar-refractivity contribution >= 4 is 29.1 Å². The van der Waals surface area contributed by atoms with E-state index in [2.05, 4.69) is 26.2 Å². The molecule has 1 heterocycles. The van der Waals surface area contributed by atoms with Crippen molar-refractivity contribution in [1.82, 2.24) is 8.75 Å². The first kappa shape index (κ1) is 8.97. The van der Waals surface area contributed by atoms with E-state index in [0.29, 0.717) is 11.2 Å². The van der Waals surface area contributed by atoms with Crippen molar-refractivity contribution in [1.29, 1.82) is 0 Å². The second kappa shape index (κ2) is 4.07. The molecule has 1 N–H and O–H groups in total. The van der Waals surface area contributed by atoms with E-state index < -0.39 is 0 Å². The number of allylic oxidation sites excluding steroid dienone is 1. The average molecular weight is 216 g/mol. The van der Waals surface area contributed by atoms with Gasteiger partial charge in [0.25, 0.3) is 0 Å². The van der Waals surface area contributed by atoms with E-state index in [4.69, 9.17) is 11.6 Å². The van der Waals surface area contributed by atoms with Crippen LogP contribution >= 0.6 is 23.3 Å². The molecule has 2 rings (SSSR count). The molecule has 0 radical (unpaired) electrons. The highest BCUT2D eigenvalue weighted by atomic mass is 35.5. The van der Waals surface area contributed by atoms with Crippen molar-refractivity contribution in [2.45, 2.75) is 25.3 Å². The van der Waals surface area contributed by atoms with Crippen LogP contribution in [0.3, 0.4) is 0 Å². The van der Waals surface area contributed by atoms with E-state index in [-0.39, 0.29) is 0 Å². The minimum absolute atomic E-state index is 0.464. The Labute approximate surface area is 86.1 Å². The maximum absolute atomic E-state index is 5.82. The predicted molar refractivity (Wildman–Crippen MR) is 55.3 cm³/mol. The van der Waals surface area contributed by atoms with Gasteiger partial charge in [0.1, 0.15) is 0 Å². The molecule has 0 amide bonds. The zero-order valence-electron chi connectivity index (χ0n) is 7.03. The topological polar surface area (TPSA) is 37.8 Å². The fourth-order valence-corrected chi connectivity index (χ4v) is 2.04. The minimum atomic E-state index is 0.464. The molecule has 3 nitrogen and oxygen atoms in total. The Bertz CT molecular complexity index is 310. The number of rotatable bonds is 2. The Morgan fingerprint density at radius 3 is 3.00 bits per heavy atom. The molecule has 0 saturated carbocycles. The number of anilines is 1. The van der Waals surface area contributed by atoms with E-state index >= 15 is 0 Å². The highest BCUT2D eigenvalue weighted by Gasteiger charge is 2.13. The molecule has 0 spiro atoms. The molecule has 0 bridgehead atoms. The highest BCUT2D eigenvalue weighted by Crippen LogP contribution is 2.22. The quantitative estimate of drug-likeness (QED) is 0.771. The third kappa shape index (κ3) is 2.19. The van der Waals surface area contributed by atoms with Crippen LogP contribution in [0.2, 0.25) is 5.15 Å². The van der Waals surface area contributed by atoms with Gasteiger partial charge >= 0.3 is 0 Å². The van der Waals surface area contributed by atoms with Crippen LogP contribution in [-0.2, 0) is 0 Å². The van der Waals surface area contributed by atoms with Gasteiger partial charge in [-0.05, 0) is 19.3 Å². The Morgan fingerprint density at radius 2 is 2.38 bits per heavy atom. The predicted octanol–water partition coefficient (Wildman–Crippen LogP) is 2.71. The van der Waals surface area contributed by atoms with Gasteiger partial charge in [-0.3, -0.25) is 0 Å². The zero-order chi connectivity index (χ0) is 9.10. The molecule has 0 aliphatic heterocycles. The molecular formula is C8H10ClN3S. The molecule has 1 aromatic rings. The van der Waals surface area contributed by atoms with Crippen molar-refractivity contribution in [2.75, 3.05) is 5.32 Å². The van der Waals surface area contributed by atoms with Crippen LogP contribution in [0, 0.1) is 0 Å². The van der Waals surface area contributed by atoms with Crippen molar-refractivity contribution in [3.05, 3.63) is 17.3 Å². The summed E-state index contributed by atoms with van der Waals surface area (Å²) in [6, 6.07) is 0.464. The van der Waals surface area contributed by atoms with E-state index in [1.165, 1.54) is 0 Å². The SMILES string of the molecule is Clc1nsnc1NC1CC=CCC1. The maximum Gasteiger partial charge on any atom is 0.186 e. The smallest absolute Gasteiger partial charge is 0.186 e. The number of hydrogen-bond acceptors (Lipinski definition) is 4. The molecule has 1 aromatic heterocycles. The molecule has 70 valence electrons. The van der Waals surface area contributed by atoms with Crippen LogP contribution in [0.1, 0.15) is 19.3 Å². The standard InChI is InChI=1S/C8H10ClN3S/c9-7-8(12-13-11-7)10-6-4-2-1-3-5-6/h1-2,6H,3-5H2,(H,10,12). The van der Waals surface area contributed by atoms with Gasteiger partial charge in [-0.1, -0.05) is 23.8 Å². The lowest BCUT2D eigenvalue weighted by Crippen LogP contribution is -2.20. The van der Waals surface area contributed by atoms with Crippen LogP contribution in [0.25, 0.3) is 0 Å². The van der Waals surface area contributed by atoms with E-state index in [1.807, 2.05) is 0 Å². The lowest BCUT2D eigenvalue weighted by Gasteiger charge is -2.18. The zero-order valence-corrected chi connectivity index (χ0v) is 8.61. The van der Waals surface area contributed by atoms with Crippen molar-refractivity contribution in [3.63, 3.8) is 0 Å². The first-order valence-corrected chi connectivity index (χ1v) is 5.36. The van der Waals surface area contributed by atoms with Gasteiger partial charge in [0.15, 0.2) is 11.0 Å². The summed E-state index contributed by atoms with van der Waals surface area (Å²) < 4.78 is 7.97. The second-order valence-electron chi connectivity index (χ2n) is 3.03. The molecule has 0 saturated heterocycles.